The standard InChI is InChI=1S/C20H16Br2FNO/c21-16-11-10-13(12-17(16)22)19-15(20(19)23)8-4-5-9-18(25)24-14-6-2-1-3-7-14/h1-12,15,19-20H,(H,24,25)/b8-4+,9-5+. The molecule has 0 heterocycles. The van der Waals surface area contributed by atoms with Crippen molar-refractivity contribution in [2.45, 2.75) is 12.1 Å². The Bertz CT molecular complexity index is 820. The average Bonchev–Trinajstić information content (AvgIpc) is 3.24. The number of carbonyl (C=O) groups is 1. The summed E-state index contributed by atoms with van der Waals surface area (Å²) >= 11 is 6.86. The third-order valence-electron chi connectivity index (χ3n) is 4.05. The molecule has 1 aliphatic carbocycles. The second-order valence-electron chi connectivity index (χ2n) is 5.82. The smallest absolute Gasteiger partial charge is 0.248 e. The molecule has 2 nitrogen and oxygen atoms in total. The molecule has 3 rings (SSSR count). The Hall–Kier alpha value is -1.72. The van der Waals surface area contributed by atoms with Gasteiger partial charge in [-0.2, -0.15) is 0 Å². The molecule has 2 aromatic rings. The third-order valence-corrected chi connectivity index (χ3v) is 5.93. The minimum atomic E-state index is -0.879. The number of nitrogens with one attached hydrogen (secondary N) is 1. The predicted molar refractivity (Wildman–Crippen MR) is 106 cm³/mol. The Balaban J connectivity index is 1.54. The quantitative estimate of drug-likeness (QED) is 0.425. The van der Waals surface area contributed by atoms with Gasteiger partial charge in [-0.15, -0.1) is 0 Å². The molecule has 2 aromatic carbocycles. The van der Waals surface area contributed by atoms with E-state index in [4.69, 9.17) is 0 Å². The Kier molecular flexibility index (Phi) is 5.86. The van der Waals surface area contributed by atoms with Crippen molar-refractivity contribution in [2.75, 3.05) is 5.32 Å². The minimum absolute atomic E-state index is 0.118. The molecule has 0 aromatic heterocycles. The summed E-state index contributed by atoms with van der Waals surface area (Å²) in [6.07, 6.45) is 5.74. The van der Waals surface area contributed by atoms with Crippen LogP contribution >= 0.6 is 31.9 Å². The van der Waals surface area contributed by atoms with Crippen LogP contribution < -0.4 is 5.32 Å². The first-order chi connectivity index (χ1) is 12.1. The van der Waals surface area contributed by atoms with Crippen molar-refractivity contribution in [2.24, 2.45) is 5.92 Å². The topological polar surface area (TPSA) is 29.1 Å². The highest BCUT2D eigenvalue weighted by Crippen LogP contribution is 2.51. The number of benzene rings is 2. The fourth-order valence-electron chi connectivity index (χ4n) is 2.69. The summed E-state index contributed by atoms with van der Waals surface area (Å²) in [5, 5.41) is 2.76. The van der Waals surface area contributed by atoms with Crippen molar-refractivity contribution in [1.82, 2.24) is 0 Å². The van der Waals surface area contributed by atoms with E-state index in [-0.39, 0.29) is 17.7 Å². The van der Waals surface area contributed by atoms with E-state index in [1.54, 1.807) is 12.2 Å². The molecule has 0 radical (unpaired) electrons. The number of allylic oxidation sites excluding steroid dienone is 3. The molecule has 0 spiro atoms. The van der Waals surface area contributed by atoms with Gasteiger partial charge in [0.1, 0.15) is 6.17 Å². The molecular formula is C20H16Br2FNO. The van der Waals surface area contributed by atoms with Gasteiger partial charge in [-0.25, -0.2) is 4.39 Å². The first-order valence-corrected chi connectivity index (χ1v) is 9.45. The average molecular weight is 465 g/mol. The number of para-hydroxylation sites is 1. The number of amides is 1. The SMILES string of the molecule is O=C(/C=C/C=C/C1C(F)C1c1ccc(Br)c(Br)c1)Nc1ccccc1. The highest BCUT2D eigenvalue weighted by Gasteiger charge is 2.50. The molecule has 1 saturated carbocycles. The van der Waals surface area contributed by atoms with Crippen LogP contribution in [0.25, 0.3) is 0 Å². The zero-order chi connectivity index (χ0) is 17.8. The summed E-state index contributed by atoms with van der Waals surface area (Å²) in [4.78, 5) is 11.8. The molecule has 0 aliphatic heterocycles. The fourth-order valence-corrected chi connectivity index (χ4v) is 3.33. The molecule has 3 unspecified atom stereocenters. The van der Waals surface area contributed by atoms with Crippen LogP contribution in [0.5, 0.6) is 0 Å². The van der Waals surface area contributed by atoms with Crippen molar-refractivity contribution in [3.8, 4) is 0 Å². The predicted octanol–water partition coefficient (Wildman–Crippen LogP) is 6.01. The van der Waals surface area contributed by atoms with Crippen molar-refractivity contribution in [1.29, 1.82) is 0 Å². The maximum absolute atomic E-state index is 14.0. The van der Waals surface area contributed by atoms with Crippen molar-refractivity contribution in [3.05, 3.63) is 87.3 Å². The molecule has 1 aliphatic rings. The number of halogens is 3. The Morgan fingerprint density at radius 1 is 1.04 bits per heavy atom. The number of carbonyl (C=O) groups excluding carboxylic acids is 1. The highest BCUT2D eigenvalue weighted by molar-refractivity contribution is 9.13. The van der Waals surface area contributed by atoms with Gasteiger partial charge in [-0.05, 0) is 61.7 Å². The molecule has 5 heteroatoms. The lowest BCUT2D eigenvalue weighted by atomic mass is 10.1. The second-order valence-corrected chi connectivity index (χ2v) is 7.53. The van der Waals surface area contributed by atoms with Gasteiger partial charge in [0.05, 0.1) is 0 Å². The van der Waals surface area contributed by atoms with Gasteiger partial charge in [-0.1, -0.05) is 42.5 Å². The maximum atomic E-state index is 14.0. The van der Waals surface area contributed by atoms with Gasteiger partial charge in [-0.3, -0.25) is 4.79 Å². The van der Waals surface area contributed by atoms with E-state index >= 15 is 0 Å². The summed E-state index contributed by atoms with van der Waals surface area (Å²) in [7, 11) is 0. The molecular weight excluding hydrogens is 449 g/mol. The van der Waals surface area contributed by atoms with Crippen LogP contribution in [-0.4, -0.2) is 12.1 Å². The van der Waals surface area contributed by atoms with E-state index in [0.29, 0.717) is 0 Å². The van der Waals surface area contributed by atoms with Gasteiger partial charge in [0.2, 0.25) is 5.91 Å². The van der Waals surface area contributed by atoms with E-state index in [0.717, 1.165) is 20.2 Å². The van der Waals surface area contributed by atoms with Crippen molar-refractivity contribution in [3.63, 3.8) is 0 Å². The van der Waals surface area contributed by atoms with Gasteiger partial charge in [0.25, 0.3) is 0 Å². The number of anilines is 1. The fraction of sp³-hybridized carbons (Fsp3) is 0.150. The summed E-state index contributed by atoms with van der Waals surface area (Å²) in [6.45, 7) is 0. The number of alkyl halides is 1. The Morgan fingerprint density at radius 3 is 2.52 bits per heavy atom. The lowest BCUT2D eigenvalue weighted by Crippen LogP contribution is -2.07. The molecule has 1 N–H and O–H groups in total. The van der Waals surface area contributed by atoms with Crippen molar-refractivity contribution >= 4 is 43.5 Å². The molecule has 1 amide bonds. The molecule has 128 valence electrons. The van der Waals surface area contributed by atoms with E-state index in [2.05, 4.69) is 37.2 Å². The number of hydrogen-bond acceptors (Lipinski definition) is 1. The van der Waals surface area contributed by atoms with Crippen LogP contribution in [0.2, 0.25) is 0 Å². The molecule has 0 saturated heterocycles. The summed E-state index contributed by atoms with van der Waals surface area (Å²) < 4.78 is 15.9. The van der Waals surface area contributed by atoms with E-state index in [9.17, 15) is 9.18 Å². The summed E-state index contributed by atoms with van der Waals surface area (Å²) in [6, 6.07) is 15.0. The van der Waals surface area contributed by atoms with Gasteiger partial charge < -0.3 is 5.32 Å². The van der Waals surface area contributed by atoms with Crippen LogP contribution in [-0.2, 0) is 4.79 Å². The summed E-state index contributed by atoms with van der Waals surface area (Å²) in [5.41, 5.74) is 1.72. The van der Waals surface area contributed by atoms with Gasteiger partial charge in [0.15, 0.2) is 0 Å². The number of rotatable bonds is 5. The van der Waals surface area contributed by atoms with E-state index in [1.807, 2.05) is 54.6 Å². The zero-order valence-corrected chi connectivity index (χ0v) is 16.4. The zero-order valence-electron chi connectivity index (χ0n) is 13.2. The van der Waals surface area contributed by atoms with Crippen LogP contribution in [0.3, 0.4) is 0 Å². The lowest BCUT2D eigenvalue weighted by molar-refractivity contribution is -0.111. The van der Waals surface area contributed by atoms with E-state index in [1.165, 1.54) is 6.08 Å². The van der Waals surface area contributed by atoms with Crippen LogP contribution in [0.1, 0.15) is 11.5 Å². The van der Waals surface area contributed by atoms with Crippen molar-refractivity contribution < 1.29 is 9.18 Å². The Labute approximate surface area is 163 Å². The van der Waals surface area contributed by atoms with Crippen LogP contribution in [0.15, 0.2) is 81.8 Å². The monoisotopic (exact) mass is 463 g/mol. The first-order valence-electron chi connectivity index (χ1n) is 7.86. The Morgan fingerprint density at radius 2 is 1.80 bits per heavy atom. The van der Waals surface area contributed by atoms with Gasteiger partial charge in [0, 0.05) is 32.5 Å². The highest BCUT2D eigenvalue weighted by atomic mass is 79.9. The molecule has 1 fully saturated rings. The van der Waals surface area contributed by atoms with Crippen LogP contribution in [0.4, 0.5) is 10.1 Å². The molecule has 25 heavy (non-hydrogen) atoms. The second kappa shape index (κ2) is 8.11. The van der Waals surface area contributed by atoms with Gasteiger partial charge >= 0.3 is 0 Å². The van der Waals surface area contributed by atoms with Crippen LogP contribution in [0, 0.1) is 5.92 Å². The van der Waals surface area contributed by atoms with E-state index < -0.39 is 6.17 Å². The molecule has 0 bridgehead atoms. The minimum Gasteiger partial charge on any atom is -0.323 e. The first kappa shape index (κ1) is 18.1. The number of hydrogen-bond donors (Lipinski definition) is 1. The molecule has 3 atom stereocenters. The maximum Gasteiger partial charge on any atom is 0.248 e. The largest absolute Gasteiger partial charge is 0.323 e. The third kappa shape index (κ3) is 4.67. The normalized spacial score (nSPS) is 22.4. The summed E-state index contributed by atoms with van der Waals surface area (Å²) in [5.74, 6) is -0.473. The lowest BCUT2D eigenvalue weighted by Gasteiger charge is -2.01.